The lowest BCUT2D eigenvalue weighted by molar-refractivity contribution is 0.0697. The van der Waals surface area contributed by atoms with Crippen molar-refractivity contribution in [2.45, 2.75) is 0 Å². The highest BCUT2D eigenvalue weighted by Gasteiger charge is 2.13. The maximum absolute atomic E-state index is 11.3. The highest BCUT2D eigenvalue weighted by molar-refractivity contribution is 6.31. The third kappa shape index (κ3) is 1.70. The predicted octanol–water partition coefficient (Wildman–Crippen LogP) is 0.912. The summed E-state index contributed by atoms with van der Waals surface area (Å²) >= 11 is 5.69. The average Bonchev–Trinajstić information content (AvgIpc) is 2.64. The number of aromatic amines is 1. The Labute approximate surface area is 94.1 Å². The van der Waals surface area contributed by atoms with Gasteiger partial charge in [-0.2, -0.15) is 5.10 Å². The molecular weight excluding hydrogens is 234 g/mol. The molecular formula is C9H6ClN3O3. The lowest BCUT2D eigenvalue weighted by Crippen LogP contribution is -2.17. The molecule has 0 spiro atoms. The zero-order chi connectivity index (χ0) is 11.7. The van der Waals surface area contributed by atoms with Crippen molar-refractivity contribution in [1.82, 2.24) is 14.8 Å². The summed E-state index contributed by atoms with van der Waals surface area (Å²) in [6, 6.07) is 4.23. The summed E-state index contributed by atoms with van der Waals surface area (Å²) in [5, 5.41) is 15.0. The Morgan fingerprint density at radius 2 is 2.25 bits per heavy atom. The van der Waals surface area contributed by atoms with E-state index in [-0.39, 0.29) is 16.3 Å². The first-order valence-corrected chi connectivity index (χ1v) is 4.62. The van der Waals surface area contributed by atoms with Gasteiger partial charge in [-0.1, -0.05) is 11.6 Å². The number of carbonyl (C=O) groups is 1. The molecule has 0 atom stereocenters. The Kier molecular flexibility index (Phi) is 2.49. The highest BCUT2D eigenvalue weighted by Crippen LogP contribution is 2.18. The molecule has 0 aliphatic rings. The third-order valence-corrected chi connectivity index (χ3v) is 2.24. The molecule has 0 radical (unpaired) electrons. The van der Waals surface area contributed by atoms with Gasteiger partial charge in [-0.3, -0.25) is 0 Å². The van der Waals surface area contributed by atoms with Crippen LogP contribution >= 0.6 is 11.6 Å². The van der Waals surface area contributed by atoms with Crippen molar-refractivity contribution < 1.29 is 9.90 Å². The smallest absolute Gasteiger partial charge is 0.347 e. The van der Waals surface area contributed by atoms with Gasteiger partial charge in [0.15, 0.2) is 0 Å². The molecule has 0 bridgehead atoms. The van der Waals surface area contributed by atoms with Gasteiger partial charge in [0.1, 0.15) is 6.33 Å². The fourth-order valence-corrected chi connectivity index (χ4v) is 1.48. The van der Waals surface area contributed by atoms with Crippen LogP contribution in [0, 0.1) is 0 Å². The molecule has 7 heteroatoms. The molecule has 0 saturated heterocycles. The van der Waals surface area contributed by atoms with E-state index in [9.17, 15) is 9.59 Å². The second kappa shape index (κ2) is 3.82. The molecule has 1 aromatic carbocycles. The number of H-pyrrole nitrogens is 1. The summed E-state index contributed by atoms with van der Waals surface area (Å²) in [6.45, 7) is 0. The van der Waals surface area contributed by atoms with E-state index in [1.807, 2.05) is 0 Å². The Bertz CT molecular complexity index is 602. The molecule has 1 heterocycles. The van der Waals surface area contributed by atoms with Crippen molar-refractivity contribution in [3.63, 3.8) is 0 Å². The second-order valence-corrected chi connectivity index (χ2v) is 3.43. The van der Waals surface area contributed by atoms with E-state index in [1.165, 1.54) is 24.5 Å². The summed E-state index contributed by atoms with van der Waals surface area (Å²) in [7, 11) is 0. The number of halogens is 1. The monoisotopic (exact) mass is 239 g/mol. The first kappa shape index (κ1) is 10.4. The van der Waals surface area contributed by atoms with Crippen molar-refractivity contribution in [3.05, 3.63) is 45.6 Å². The molecule has 1 aromatic heterocycles. The number of nitrogens with zero attached hydrogens (tertiary/aromatic N) is 2. The summed E-state index contributed by atoms with van der Waals surface area (Å²) in [5.74, 6) is -1.16. The number of carboxylic acids is 1. The first-order valence-electron chi connectivity index (χ1n) is 4.25. The summed E-state index contributed by atoms with van der Waals surface area (Å²) < 4.78 is 1.10. The Morgan fingerprint density at radius 3 is 2.81 bits per heavy atom. The van der Waals surface area contributed by atoms with Gasteiger partial charge in [-0.25, -0.2) is 19.3 Å². The predicted molar refractivity (Wildman–Crippen MR) is 56.2 cm³/mol. The van der Waals surface area contributed by atoms with Crippen molar-refractivity contribution in [2.75, 3.05) is 0 Å². The van der Waals surface area contributed by atoms with Crippen LogP contribution in [0.5, 0.6) is 0 Å². The van der Waals surface area contributed by atoms with Crippen LogP contribution in [0.4, 0.5) is 0 Å². The van der Waals surface area contributed by atoms with Crippen LogP contribution < -0.4 is 5.69 Å². The Hall–Kier alpha value is -2.08. The van der Waals surface area contributed by atoms with Crippen LogP contribution in [-0.4, -0.2) is 25.8 Å². The van der Waals surface area contributed by atoms with E-state index in [0.717, 1.165) is 4.57 Å². The normalized spacial score (nSPS) is 10.3. The van der Waals surface area contributed by atoms with Gasteiger partial charge in [0, 0.05) is 5.02 Å². The van der Waals surface area contributed by atoms with E-state index in [2.05, 4.69) is 10.2 Å². The Balaban J connectivity index is 2.70. The fraction of sp³-hybridized carbons (Fsp3) is 0. The zero-order valence-electron chi connectivity index (χ0n) is 7.85. The van der Waals surface area contributed by atoms with E-state index in [1.54, 1.807) is 0 Å². The van der Waals surface area contributed by atoms with Crippen LogP contribution in [0.15, 0.2) is 29.3 Å². The number of nitrogens with one attached hydrogen (secondary N) is 1. The zero-order valence-corrected chi connectivity index (χ0v) is 8.60. The number of hydrogen-bond acceptors (Lipinski definition) is 3. The van der Waals surface area contributed by atoms with E-state index in [0.29, 0.717) is 0 Å². The summed E-state index contributed by atoms with van der Waals surface area (Å²) in [4.78, 5) is 22.3. The van der Waals surface area contributed by atoms with Gasteiger partial charge in [0.05, 0.1) is 11.3 Å². The lowest BCUT2D eigenvalue weighted by atomic mass is 10.2. The van der Waals surface area contributed by atoms with Crippen molar-refractivity contribution in [3.8, 4) is 5.69 Å². The molecule has 6 nitrogen and oxygen atoms in total. The van der Waals surface area contributed by atoms with Gasteiger partial charge in [0.25, 0.3) is 0 Å². The number of hydrogen-bond donors (Lipinski definition) is 2. The number of aromatic carboxylic acids is 1. The minimum Gasteiger partial charge on any atom is -0.478 e. The molecule has 0 saturated carbocycles. The van der Waals surface area contributed by atoms with Crippen LogP contribution in [0.3, 0.4) is 0 Å². The maximum atomic E-state index is 11.3. The molecule has 0 unspecified atom stereocenters. The molecule has 0 aliphatic carbocycles. The van der Waals surface area contributed by atoms with Crippen LogP contribution in [0.2, 0.25) is 5.02 Å². The number of rotatable bonds is 2. The fourth-order valence-electron chi connectivity index (χ4n) is 1.31. The SMILES string of the molecule is O=C(O)c1cc(Cl)ccc1-n1cn[nH]c1=O. The van der Waals surface area contributed by atoms with Gasteiger partial charge in [-0.15, -0.1) is 0 Å². The summed E-state index contributed by atoms with van der Waals surface area (Å²) in [5.41, 5.74) is -0.350. The quantitative estimate of drug-likeness (QED) is 0.815. The minimum atomic E-state index is -1.16. The first-order chi connectivity index (χ1) is 7.59. The highest BCUT2D eigenvalue weighted by atomic mass is 35.5. The Morgan fingerprint density at radius 1 is 1.50 bits per heavy atom. The largest absolute Gasteiger partial charge is 0.478 e. The van der Waals surface area contributed by atoms with Gasteiger partial charge < -0.3 is 5.11 Å². The second-order valence-electron chi connectivity index (χ2n) is 3.00. The minimum absolute atomic E-state index is 0.0593. The van der Waals surface area contributed by atoms with Crippen LogP contribution in [0.25, 0.3) is 5.69 Å². The lowest BCUT2D eigenvalue weighted by Gasteiger charge is -2.05. The van der Waals surface area contributed by atoms with Gasteiger partial charge in [-0.05, 0) is 18.2 Å². The van der Waals surface area contributed by atoms with Crippen LogP contribution in [0.1, 0.15) is 10.4 Å². The third-order valence-electron chi connectivity index (χ3n) is 2.00. The van der Waals surface area contributed by atoms with Crippen LogP contribution in [-0.2, 0) is 0 Å². The summed E-state index contributed by atoms with van der Waals surface area (Å²) in [6.07, 6.45) is 1.21. The van der Waals surface area contributed by atoms with Crippen molar-refractivity contribution >= 4 is 17.6 Å². The van der Waals surface area contributed by atoms with Gasteiger partial charge >= 0.3 is 11.7 Å². The standard InChI is InChI=1S/C9H6ClN3O3/c10-5-1-2-7(6(3-5)8(14)15)13-4-11-12-9(13)16/h1-4H,(H,12,16)(H,14,15). The molecule has 0 amide bonds. The molecule has 2 aromatic rings. The topological polar surface area (TPSA) is 88.0 Å². The average molecular weight is 240 g/mol. The molecule has 82 valence electrons. The molecule has 16 heavy (non-hydrogen) atoms. The van der Waals surface area contributed by atoms with E-state index in [4.69, 9.17) is 16.7 Å². The maximum Gasteiger partial charge on any atom is 0.347 e. The van der Waals surface area contributed by atoms with E-state index < -0.39 is 11.7 Å². The molecule has 0 fully saturated rings. The van der Waals surface area contributed by atoms with Crippen molar-refractivity contribution in [2.24, 2.45) is 0 Å². The molecule has 2 N–H and O–H groups in total. The number of carboxylic acid groups (broad SMARTS) is 1. The van der Waals surface area contributed by atoms with Crippen molar-refractivity contribution in [1.29, 1.82) is 0 Å². The molecule has 2 rings (SSSR count). The number of aromatic nitrogens is 3. The number of benzene rings is 1. The van der Waals surface area contributed by atoms with Gasteiger partial charge in [0.2, 0.25) is 0 Å². The van der Waals surface area contributed by atoms with E-state index >= 15 is 0 Å². The molecule has 0 aliphatic heterocycles.